The molecule has 0 bridgehead atoms. The second kappa shape index (κ2) is 19.0. The van der Waals surface area contributed by atoms with Crippen LogP contribution in [0.3, 0.4) is 0 Å². The molecule has 0 aliphatic heterocycles. The SMILES string of the molecule is CC(C)[C@H](NC(=O)OCC1c2ccccc2-c2ccccc21)C(=O)N[C@@H](CCCNC(N)=O)C(=O)Cc1ccc(COC(=O)Oc2ccc([N+](=O)[O-])cc2)cc1. The van der Waals surface area contributed by atoms with Gasteiger partial charge >= 0.3 is 18.3 Å². The Morgan fingerprint density at radius 3 is 2.00 bits per heavy atom. The fourth-order valence-corrected chi connectivity index (χ4v) is 6.38. The van der Waals surface area contributed by atoms with Gasteiger partial charge in [0.25, 0.3) is 5.69 Å². The molecule has 5 rings (SSSR count). The summed E-state index contributed by atoms with van der Waals surface area (Å²) in [6.07, 6.45) is -1.31. The number of urea groups is 1. The Kier molecular flexibility index (Phi) is 13.7. The minimum Gasteiger partial charge on any atom is -0.449 e. The van der Waals surface area contributed by atoms with Crippen LogP contribution in [0, 0.1) is 16.0 Å². The summed E-state index contributed by atoms with van der Waals surface area (Å²) in [5.74, 6) is -1.32. The number of nitrogens with zero attached hydrogens (tertiary/aromatic N) is 1. The number of nitro benzene ring substituents is 1. The Hall–Kier alpha value is -6.77. The number of benzene rings is 4. The van der Waals surface area contributed by atoms with Gasteiger partial charge in [-0.1, -0.05) is 86.6 Å². The minimum atomic E-state index is -1.02. The molecule has 0 aromatic heterocycles. The highest BCUT2D eigenvalue weighted by Crippen LogP contribution is 2.44. The molecule has 0 saturated heterocycles. The van der Waals surface area contributed by atoms with E-state index in [1.807, 2.05) is 48.5 Å². The Bertz CT molecular complexity index is 2010. The smallest absolute Gasteiger partial charge is 0.449 e. The van der Waals surface area contributed by atoms with E-state index in [2.05, 4.69) is 16.0 Å². The Balaban J connectivity index is 1.16. The molecule has 4 aromatic carbocycles. The van der Waals surface area contributed by atoms with Crippen LogP contribution >= 0.6 is 0 Å². The molecule has 2 atom stereocenters. The van der Waals surface area contributed by atoms with Crippen LogP contribution in [0.2, 0.25) is 0 Å². The number of fused-ring (bicyclic) bond motifs is 3. The van der Waals surface area contributed by atoms with Crippen molar-refractivity contribution < 1.29 is 43.1 Å². The lowest BCUT2D eigenvalue weighted by molar-refractivity contribution is -0.384. The Labute approximate surface area is 323 Å². The summed E-state index contributed by atoms with van der Waals surface area (Å²) in [6.45, 7) is 3.64. The maximum absolute atomic E-state index is 13.6. The summed E-state index contributed by atoms with van der Waals surface area (Å²) in [4.78, 5) is 73.9. The zero-order chi connectivity index (χ0) is 40.2. The maximum Gasteiger partial charge on any atom is 0.514 e. The van der Waals surface area contributed by atoms with Gasteiger partial charge in [0.15, 0.2) is 5.78 Å². The van der Waals surface area contributed by atoms with Gasteiger partial charge in [0.05, 0.1) is 11.0 Å². The zero-order valence-electron chi connectivity index (χ0n) is 30.9. The molecule has 0 saturated carbocycles. The third-order valence-corrected chi connectivity index (χ3v) is 9.25. The van der Waals surface area contributed by atoms with Crippen LogP contribution in [-0.2, 0) is 32.1 Å². The number of carbonyl (C=O) groups excluding carboxylic acids is 5. The highest BCUT2D eigenvalue weighted by Gasteiger charge is 2.32. The zero-order valence-corrected chi connectivity index (χ0v) is 30.9. The summed E-state index contributed by atoms with van der Waals surface area (Å²) in [6, 6.07) is 24.9. The molecule has 1 aliphatic carbocycles. The second-order valence-electron chi connectivity index (χ2n) is 13.5. The molecule has 56 heavy (non-hydrogen) atoms. The van der Waals surface area contributed by atoms with Gasteiger partial charge in [0.2, 0.25) is 5.91 Å². The van der Waals surface area contributed by atoms with Crippen LogP contribution in [-0.4, -0.2) is 60.1 Å². The third kappa shape index (κ3) is 10.9. The van der Waals surface area contributed by atoms with E-state index in [9.17, 15) is 34.1 Å². The summed E-state index contributed by atoms with van der Waals surface area (Å²) in [5, 5.41) is 18.8. The number of non-ortho nitro benzene ring substituents is 1. The molecule has 4 aromatic rings. The summed E-state index contributed by atoms with van der Waals surface area (Å²) >= 11 is 0. The number of rotatable bonds is 17. The third-order valence-electron chi connectivity index (χ3n) is 9.25. The number of ketones is 1. The average Bonchev–Trinajstić information content (AvgIpc) is 3.50. The second-order valence-corrected chi connectivity index (χ2v) is 13.5. The van der Waals surface area contributed by atoms with Crippen molar-refractivity contribution in [1.29, 1.82) is 0 Å². The number of nitro groups is 1. The number of carbonyl (C=O) groups is 5. The fourth-order valence-electron chi connectivity index (χ4n) is 6.38. The van der Waals surface area contributed by atoms with Crippen molar-refractivity contribution in [2.24, 2.45) is 11.7 Å². The molecule has 292 valence electrons. The standard InChI is InChI=1S/C41H43N5O10/c1-25(2)37(45-40(50)54-24-34-32-10-5-3-8-30(32)31-9-4-6-11-33(31)34)38(48)44-35(12-7-21-43-39(42)49)36(47)22-26-13-15-27(16-14-26)23-55-41(51)56-29-19-17-28(18-20-29)46(52)53/h3-6,8-11,13-20,25,34-35,37H,7,12,21-24H2,1-2H3,(H,44,48)(H,45,50)(H3,42,43,49)/t35-,37-/m0/s1. The summed E-state index contributed by atoms with van der Waals surface area (Å²) < 4.78 is 15.9. The van der Waals surface area contributed by atoms with E-state index in [1.165, 1.54) is 24.3 Å². The van der Waals surface area contributed by atoms with Crippen LogP contribution in [0.25, 0.3) is 11.1 Å². The highest BCUT2D eigenvalue weighted by atomic mass is 16.7. The molecule has 4 amide bonds. The van der Waals surface area contributed by atoms with Crippen molar-refractivity contribution in [3.05, 3.63) is 129 Å². The number of Topliss-reactive ketones (excluding diaryl/α,β-unsaturated/α-hetero) is 1. The van der Waals surface area contributed by atoms with E-state index in [1.54, 1.807) is 38.1 Å². The van der Waals surface area contributed by atoms with Gasteiger partial charge in [-0.25, -0.2) is 14.4 Å². The molecular formula is C41H43N5O10. The summed E-state index contributed by atoms with van der Waals surface area (Å²) in [7, 11) is 0. The predicted molar refractivity (Wildman–Crippen MR) is 205 cm³/mol. The number of nitrogens with two attached hydrogens (primary N) is 1. The Morgan fingerprint density at radius 1 is 0.804 bits per heavy atom. The molecule has 15 nitrogen and oxygen atoms in total. The minimum absolute atomic E-state index is 0.0519. The van der Waals surface area contributed by atoms with Crippen molar-refractivity contribution in [1.82, 2.24) is 16.0 Å². The lowest BCUT2D eigenvalue weighted by atomic mass is 9.97. The number of hydrogen-bond donors (Lipinski definition) is 4. The normalized spacial score (nSPS) is 12.7. The molecule has 0 fully saturated rings. The number of amides is 4. The van der Waals surface area contributed by atoms with Crippen LogP contribution in [0.15, 0.2) is 97.1 Å². The Morgan fingerprint density at radius 2 is 1.41 bits per heavy atom. The maximum atomic E-state index is 13.6. The van der Waals surface area contributed by atoms with E-state index >= 15 is 0 Å². The monoisotopic (exact) mass is 765 g/mol. The van der Waals surface area contributed by atoms with Gasteiger partial charge in [-0.05, 0) is 64.3 Å². The molecule has 1 aliphatic rings. The first kappa shape index (κ1) is 40.4. The fraction of sp³-hybridized carbons (Fsp3) is 0.293. The first-order valence-electron chi connectivity index (χ1n) is 18.0. The highest BCUT2D eigenvalue weighted by molar-refractivity contribution is 5.93. The molecule has 5 N–H and O–H groups in total. The quantitative estimate of drug-likeness (QED) is 0.0327. The lowest BCUT2D eigenvalue weighted by Gasteiger charge is -2.25. The van der Waals surface area contributed by atoms with Gasteiger partial charge < -0.3 is 35.9 Å². The predicted octanol–water partition coefficient (Wildman–Crippen LogP) is 5.92. The number of hydrogen-bond acceptors (Lipinski definition) is 10. The largest absolute Gasteiger partial charge is 0.514 e. The van der Waals surface area contributed by atoms with Gasteiger partial charge in [0.1, 0.15) is 25.0 Å². The van der Waals surface area contributed by atoms with Gasteiger partial charge in [-0.15, -0.1) is 0 Å². The van der Waals surface area contributed by atoms with E-state index < -0.39 is 41.2 Å². The number of ether oxygens (including phenoxy) is 3. The first-order valence-corrected chi connectivity index (χ1v) is 18.0. The van der Waals surface area contributed by atoms with E-state index in [4.69, 9.17) is 19.9 Å². The van der Waals surface area contributed by atoms with E-state index in [0.29, 0.717) is 17.5 Å². The summed E-state index contributed by atoms with van der Waals surface area (Å²) in [5.41, 5.74) is 10.5. The van der Waals surface area contributed by atoms with E-state index in [0.717, 1.165) is 22.3 Å². The first-order chi connectivity index (χ1) is 26.9. The van der Waals surface area contributed by atoms with Crippen LogP contribution in [0.5, 0.6) is 5.75 Å². The van der Waals surface area contributed by atoms with Gasteiger partial charge in [-0.2, -0.15) is 0 Å². The van der Waals surface area contributed by atoms with E-state index in [-0.39, 0.29) is 61.7 Å². The van der Waals surface area contributed by atoms with Crippen LogP contribution in [0.1, 0.15) is 54.9 Å². The van der Waals surface area contributed by atoms with Crippen molar-refractivity contribution >= 4 is 35.7 Å². The molecule has 15 heteroatoms. The van der Waals surface area contributed by atoms with Crippen molar-refractivity contribution in [2.75, 3.05) is 13.2 Å². The van der Waals surface area contributed by atoms with Crippen LogP contribution < -0.4 is 26.4 Å². The van der Waals surface area contributed by atoms with Gasteiger partial charge in [-0.3, -0.25) is 19.7 Å². The van der Waals surface area contributed by atoms with Crippen LogP contribution in [0.4, 0.5) is 20.1 Å². The number of primary amides is 1. The molecular weight excluding hydrogens is 722 g/mol. The van der Waals surface area contributed by atoms with Crippen molar-refractivity contribution in [3.63, 3.8) is 0 Å². The molecule has 0 unspecified atom stereocenters. The van der Waals surface area contributed by atoms with Crippen molar-refractivity contribution in [2.45, 2.75) is 57.7 Å². The molecule has 0 radical (unpaired) electrons. The topological polar surface area (TPSA) is 218 Å². The number of alkyl carbamates (subject to hydrolysis) is 1. The van der Waals surface area contributed by atoms with Crippen molar-refractivity contribution in [3.8, 4) is 16.9 Å². The number of nitrogens with one attached hydrogen (secondary N) is 3. The average molecular weight is 766 g/mol. The van der Waals surface area contributed by atoms with Gasteiger partial charge in [0, 0.05) is 31.0 Å². The lowest BCUT2D eigenvalue weighted by Crippen LogP contribution is -2.54. The molecule has 0 spiro atoms. The molecule has 0 heterocycles.